The maximum atomic E-state index is 4.56. The summed E-state index contributed by atoms with van der Waals surface area (Å²) in [6.07, 6.45) is 2.03. The van der Waals surface area contributed by atoms with Crippen LogP contribution in [0.15, 0.2) is 24.3 Å². The highest BCUT2D eigenvalue weighted by atomic mass is 32.1. The van der Waals surface area contributed by atoms with Crippen LogP contribution in [0.4, 0.5) is 5.13 Å². The van der Waals surface area contributed by atoms with Crippen molar-refractivity contribution in [1.82, 2.24) is 9.36 Å². The number of hydrogen-bond acceptors (Lipinski definition) is 4. The van der Waals surface area contributed by atoms with E-state index in [9.17, 15) is 0 Å². The van der Waals surface area contributed by atoms with E-state index in [1.54, 1.807) is 0 Å². The van der Waals surface area contributed by atoms with Crippen LogP contribution in [0.3, 0.4) is 0 Å². The zero-order chi connectivity index (χ0) is 11.7. The van der Waals surface area contributed by atoms with Crippen LogP contribution < -0.4 is 4.90 Å². The fraction of sp³-hybridized carbons (Fsp3) is 0.385. The van der Waals surface area contributed by atoms with Crippen molar-refractivity contribution >= 4 is 16.7 Å². The third-order valence-electron chi connectivity index (χ3n) is 3.17. The summed E-state index contributed by atoms with van der Waals surface area (Å²) in [4.78, 5) is 6.89. The number of fused-ring (bicyclic) bond motifs is 1. The lowest BCUT2D eigenvalue weighted by atomic mass is 10.0. The van der Waals surface area contributed by atoms with Gasteiger partial charge in [0, 0.05) is 31.0 Å². The van der Waals surface area contributed by atoms with E-state index in [2.05, 4.69) is 45.4 Å². The van der Waals surface area contributed by atoms with Crippen LogP contribution in [0.2, 0.25) is 0 Å². The molecule has 2 aromatic rings. The van der Waals surface area contributed by atoms with Crippen LogP contribution in [-0.2, 0) is 19.4 Å². The summed E-state index contributed by atoms with van der Waals surface area (Å²) in [7, 11) is 0. The summed E-state index contributed by atoms with van der Waals surface area (Å²) in [5.41, 5.74) is 2.90. The van der Waals surface area contributed by atoms with E-state index in [4.69, 9.17) is 0 Å². The number of benzene rings is 1. The van der Waals surface area contributed by atoms with E-state index >= 15 is 0 Å². The molecule has 0 aliphatic carbocycles. The molecule has 0 spiro atoms. The molecule has 0 radical (unpaired) electrons. The Bertz CT molecular complexity index is 521. The first-order chi connectivity index (χ1) is 8.36. The van der Waals surface area contributed by atoms with Crippen LogP contribution in [0.1, 0.15) is 23.9 Å². The van der Waals surface area contributed by atoms with Gasteiger partial charge >= 0.3 is 0 Å². The van der Waals surface area contributed by atoms with E-state index in [0.29, 0.717) is 0 Å². The predicted octanol–water partition coefficient (Wildman–Crippen LogP) is 2.66. The van der Waals surface area contributed by atoms with Crippen molar-refractivity contribution in [3.63, 3.8) is 0 Å². The summed E-state index contributed by atoms with van der Waals surface area (Å²) in [5, 5.41) is 1.07. The monoisotopic (exact) mass is 245 g/mol. The Kier molecular flexibility index (Phi) is 2.81. The van der Waals surface area contributed by atoms with Crippen molar-refractivity contribution in [3.8, 4) is 0 Å². The van der Waals surface area contributed by atoms with Gasteiger partial charge in [-0.25, -0.2) is 4.98 Å². The molecule has 0 N–H and O–H groups in total. The highest BCUT2D eigenvalue weighted by Crippen LogP contribution is 2.25. The molecule has 0 amide bonds. The highest BCUT2D eigenvalue weighted by Gasteiger charge is 2.18. The topological polar surface area (TPSA) is 29.0 Å². The molecule has 1 aliphatic rings. The highest BCUT2D eigenvalue weighted by molar-refractivity contribution is 7.09. The zero-order valence-corrected chi connectivity index (χ0v) is 10.7. The molecule has 4 heteroatoms. The minimum absolute atomic E-state index is 0.918. The lowest BCUT2D eigenvalue weighted by Gasteiger charge is -2.27. The SMILES string of the molecule is CCc1nsc(N2CCc3ccccc3C2)n1. The third-order valence-corrected chi connectivity index (χ3v) is 3.99. The van der Waals surface area contributed by atoms with Crippen LogP contribution in [0.5, 0.6) is 0 Å². The van der Waals surface area contributed by atoms with Gasteiger partial charge in [0.05, 0.1) is 0 Å². The Labute approximate surface area is 105 Å². The molecule has 1 aromatic carbocycles. The van der Waals surface area contributed by atoms with E-state index in [0.717, 1.165) is 36.9 Å². The third kappa shape index (κ3) is 2.05. The van der Waals surface area contributed by atoms with Crippen LogP contribution >= 0.6 is 11.5 Å². The molecular weight excluding hydrogens is 230 g/mol. The first-order valence-electron chi connectivity index (χ1n) is 6.01. The average molecular weight is 245 g/mol. The summed E-state index contributed by atoms with van der Waals surface area (Å²) in [6, 6.07) is 8.67. The smallest absolute Gasteiger partial charge is 0.205 e. The van der Waals surface area contributed by atoms with Gasteiger partial charge in [-0.1, -0.05) is 31.2 Å². The largest absolute Gasteiger partial charge is 0.342 e. The Balaban J connectivity index is 1.84. The van der Waals surface area contributed by atoms with Crippen molar-refractivity contribution < 1.29 is 0 Å². The number of aryl methyl sites for hydroxylation is 1. The van der Waals surface area contributed by atoms with Gasteiger partial charge in [-0.3, -0.25) is 0 Å². The maximum Gasteiger partial charge on any atom is 0.205 e. The van der Waals surface area contributed by atoms with Crippen LogP contribution in [0, 0.1) is 0 Å². The zero-order valence-electron chi connectivity index (χ0n) is 9.89. The molecule has 0 fully saturated rings. The second-order valence-electron chi connectivity index (χ2n) is 4.29. The molecular formula is C13H15N3S. The van der Waals surface area contributed by atoms with Crippen LogP contribution in [0.25, 0.3) is 0 Å². The Hall–Kier alpha value is -1.42. The molecule has 0 bridgehead atoms. The lowest BCUT2D eigenvalue weighted by Crippen LogP contribution is -2.30. The summed E-state index contributed by atoms with van der Waals surface area (Å²) < 4.78 is 4.35. The number of aromatic nitrogens is 2. The molecule has 0 saturated heterocycles. The van der Waals surface area contributed by atoms with Crippen molar-refractivity contribution in [2.24, 2.45) is 0 Å². The van der Waals surface area contributed by atoms with Crippen molar-refractivity contribution in [3.05, 3.63) is 41.2 Å². The fourth-order valence-corrected chi connectivity index (χ4v) is 2.95. The van der Waals surface area contributed by atoms with Gasteiger partial charge < -0.3 is 4.90 Å². The van der Waals surface area contributed by atoms with Crippen molar-refractivity contribution in [2.45, 2.75) is 26.3 Å². The van der Waals surface area contributed by atoms with E-state index < -0.39 is 0 Å². The van der Waals surface area contributed by atoms with E-state index in [1.165, 1.54) is 22.7 Å². The molecule has 17 heavy (non-hydrogen) atoms. The minimum atomic E-state index is 0.918. The maximum absolute atomic E-state index is 4.56. The van der Waals surface area contributed by atoms with E-state index in [-0.39, 0.29) is 0 Å². The Morgan fingerprint density at radius 1 is 1.29 bits per heavy atom. The van der Waals surface area contributed by atoms with Crippen LogP contribution in [-0.4, -0.2) is 15.9 Å². The first kappa shape index (κ1) is 10.7. The number of hydrogen-bond donors (Lipinski definition) is 0. The normalized spacial score (nSPS) is 14.8. The standard InChI is InChI=1S/C13H15N3S/c1-2-12-14-13(17-15-12)16-8-7-10-5-3-4-6-11(10)9-16/h3-6H,2,7-9H2,1H3. The van der Waals surface area contributed by atoms with Gasteiger partial charge in [0.1, 0.15) is 5.82 Å². The quantitative estimate of drug-likeness (QED) is 0.814. The van der Waals surface area contributed by atoms with Gasteiger partial charge in [0.25, 0.3) is 0 Å². The molecule has 1 aliphatic heterocycles. The van der Waals surface area contributed by atoms with Gasteiger partial charge in [0.2, 0.25) is 5.13 Å². The molecule has 2 heterocycles. The predicted molar refractivity (Wildman–Crippen MR) is 70.5 cm³/mol. The van der Waals surface area contributed by atoms with E-state index in [1.807, 2.05) is 0 Å². The summed E-state index contributed by atoms with van der Waals surface area (Å²) in [6.45, 7) is 4.11. The second kappa shape index (κ2) is 4.45. The Morgan fingerprint density at radius 3 is 2.88 bits per heavy atom. The number of anilines is 1. The van der Waals surface area contributed by atoms with Gasteiger partial charge in [-0.15, -0.1) is 0 Å². The first-order valence-corrected chi connectivity index (χ1v) is 6.78. The average Bonchev–Trinajstić information content (AvgIpc) is 2.87. The van der Waals surface area contributed by atoms with Crippen molar-refractivity contribution in [1.29, 1.82) is 0 Å². The molecule has 3 rings (SSSR count). The minimum Gasteiger partial charge on any atom is -0.342 e. The Morgan fingerprint density at radius 2 is 2.12 bits per heavy atom. The second-order valence-corrected chi connectivity index (χ2v) is 5.02. The van der Waals surface area contributed by atoms with Gasteiger partial charge in [-0.2, -0.15) is 4.37 Å². The molecule has 3 nitrogen and oxygen atoms in total. The fourth-order valence-electron chi connectivity index (χ4n) is 2.18. The molecule has 0 atom stereocenters. The molecule has 0 unspecified atom stereocenters. The van der Waals surface area contributed by atoms with Gasteiger partial charge in [0.15, 0.2) is 0 Å². The molecule has 0 saturated carbocycles. The molecule has 1 aromatic heterocycles. The summed E-state index contributed by atoms with van der Waals surface area (Å²) >= 11 is 1.52. The number of nitrogens with zero attached hydrogens (tertiary/aromatic N) is 3. The lowest BCUT2D eigenvalue weighted by molar-refractivity contribution is 0.726. The van der Waals surface area contributed by atoms with Gasteiger partial charge in [-0.05, 0) is 17.5 Å². The summed E-state index contributed by atoms with van der Waals surface area (Å²) in [5.74, 6) is 0.962. The van der Waals surface area contributed by atoms with Crippen molar-refractivity contribution in [2.75, 3.05) is 11.4 Å². The number of rotatable bonds is 2. The molecule has 88 valence electrons.